The molecule has 0 unspecified atom stereocenters. The minimum Gasteiger partial charge on any atom is -0.329 e. The summed E-state index contributed by atoms with van der Waals surface area (Å²) in [6, 6.07) is 5.77. The standard InChI is InChI=1S/C15H22N2O2S/c16-9-10-17(14-5-2-6-14)20(18,19)15-8-7-12-3-1-4-13(12)11-15/h7-8,11,14H,1-6,9-10,16H2. The zero-order chi connectivity index (χ0) is 14.2. The van der Waals surface area contributed by atoms with Crippen LogP contribution in [0.3, 0.4) is 0 Å². The molecule has 0 atom stereocenters. The first-order chi connectivity index (χ1) is 9.63. The monoisotopic (exact) mass is 294 g/mol. The number of nitrogens with zero attached hydrogens (tertiary/aromatic N) is 1. The molecule has 3 rings (SSSR count). The Labute approximate surface area is 121 Å². The second-order valence-corrected chi connectivity index (χ2v) is 7.66. The van der Waals surface area contributed by atoms with Gasteiger partial charge in [0.15, 0.2) is 0 Å². The number of hydrogen-bond acceptors (Lipinski definition) is 3. The molecule has 4 nitrogen and oxygen atoms in total. The molecule has 2 aliphatic carbocycles. The minimum atomic E-state index is -3.39. The van der Waals surface area contributed by atoms with Gasteiger partial charge in [-0.05, 0) is 55.4 Å². The first-order valence-corrected chi connectivity index (χ1v) is 8.90. The Kier molecular flexibility index (Phi) is 3.84. The average molecular weight is 294 g/mol. The Balaban J connectivity index is 1.93. The molecule has 1 fully saturated rings. The average Bonchev–Trinajstić information content (AvgIpc) is 2.83. The van der Waals surface area contributed by atoms with Gasteiger partial charge in [0.25, 0.3) is 0 Å². The van der Waals surface area contributed by atoms with Crippen molar-refractivity contribution in [2.45, 2.75) is 49.5 Å². The van der Waals surface area contributed by atoms with Crippen molar-refractivity contribution >= 4 is 10.0 Å². The van der Waals surface area contributed by atoms with Crippen LogP contribution in [0.5, 0.6) is 0 Å². The Morgan fingerprint density at radius 2 is 1.90 bits per heavy atom. The lowest BCUT2D eigenvalue weighted by atomic mass is 9.93. The first kappa shape index (κ1) is 14.0. The lowest BCUT2D eigenvalue weighted by Crippen LogP contribution is -2.46. The SMILES string of the molecule is NCCN(C1CCC1)S(=O)(=O)c1ccc2c(c1)CCC2. The van der Waals surface area contributed by atoms with E-state index in [0.29, 0.717) is 18.0 Å². The molecule has 1 saturated carbocycles. The Hall–Kier alpha value is -0.910. The smallest absolute Gasteiger partial charge is 0.243 e. The summed E-state index contributed by atoms with van der Waals surface area (Å²) in [6.45, 7) is 0.796. The summed E-state index contributed by atoms with van der Waals surface area (Å²) >= 11 is 0. The molecule has 2 aliphatic rings. The quantitative estimate of drug-likeness (QED) is 0.898. The normalized spacial score (nSPS) is 19.1. The van der Waals surface area contributed by atoms with E-state index in [0.717, 1.165) is 38.5 Å². The van der Waals surface area contributed by atoms with E-state index in [-0.39, 0.29) is 6.04 Å². The molecule has 0 bridgehead atoms. The highest BCUT2D eigenvalue weighted by Gasteiger charge is 2.34. The molecule has 0 radical (unpaired) electrons. The molecule has 20 heavy (non-hydrogen) atoms. The molecule has 0 heterocycles. The number of aryl methyl sites for hydroxylation is 2. The van der Waals surface area contributed by atoms with Crippen molar-refractivity contribution in [2.24, 2.45) is 5.73 Å². The van der Waals surface area contributed by atoms with Crippen LogP contribution in [-0.2, 0) is 22.9 Å². The maximum absolute atomic E-state index is 12.8. The van der Waals surface area contributed by atoms with Gasteiger partial charge in [0.1, 0.15) is 0 Å². The molecule has 110 valence electrons. The number of rotatable bonds is 5. The van der Waals surface area contributed by atoms with Crippen LogP contribution in [0.2, 0.25) is 0 Å². The van der Waals surface area contributed by atoms with E-state index >= 15 is 0 Å². The van der Waals surface area contributed by atoms with Gasteiger partial charge in [0, 0.05) is 19.1 Å². The van der Waals surface area contributed by atoms with E-state index in [9.17, 15) is 8.42 Å². The minimum absolute atomic E-state index is 0.150. The number of nitrogens with two attached hydrogens (primary N) is 1. The summed E-state index contributed by atoms with van der Waals surface area (Å²) in [5.41, 5.74) is 8.11. The number of fused-ring (bicyclic) bond motifs is 1. The molecule has 1 aromatic rings. The summed E-state index contributed by atoms with van der Waals surface area (Å²) in [6.07, 6.45) is 6.25. The van der Waals surface area contributed by atoms with Crippen molar-refractivity contribution in [3.05, 3.63) is 29.3 Å². The lowest BCUT2D eigenvalue weighted by Gasteiger charge is -2.36. The van der Waals surface area contributed by atoms with Crippen LogP contribution in [0.1, 0.15) is 36.8 Å². The summed E-state index contributed by atoms with van der Waals surface area (Å²) in [4.78, 5) is 0.443. The summed E-state index contributed by atoms with van der Waals surface area (Å²) in [5.74, 6) is 0. The highest BCUT2D eigenvalue weighted by molar-refractivity contribution is 7.89. The van der Waals surface area contributed by atoms with Gasteiger partial charge in [0.2, 0.25) is 10.0 Å². The molecule has 0 aliphatic heterocycles. The fourth-order valence-electron chi connectivity index (χ4n) is 3.14. The molecule has 0 aromatic heterocycles. The highest BCUT2D eigenvalue weighted by Crippen LogP contribution is 2.31. The zero-order valence-electron chi connectivity index (χ0n) is 11.7. The second kappa shape index (κ2) is 5.47. The lowest BCUT2D eigenvalue weighted by molar-refractivity contribution is 0.223. The van der Waals surface area contributed by atoms with Crippen LogP contribution in [-0.4, -0.2) is 31.9 Å². The van der Waals surface area contributed by atoms with Gasteiger partial charge in [-0.3, -0.25) is 0 Å². The zero-order valence-corrected chi connectivity index (χ0v) is 12.5. The maximum Gasteiger partial charge on any atom is 0.243 e. The number of sulfonamides is 1. The largest absolute Gasteiger partial charge is 0.329 e. The summed E-state index contributed by atoms with van der Waals surface area (Å²) in [5, 5.41) is 0. The Morgan fingerprint density at radius 3 is 2.55 bits per heavy atom. The van der Waals surface area contributed by atoms with Gasteiger partial charge < -0.3 is 5.73 Å². The highest BCUT2D eigenvalue weighted by atomic mass is 32.2. The third-order valence-electron chi connectivity index (χ3n) is 4.51. The van der Waals surface area contributed by atoms with Gasteiger partial charge in [-0.25, -0.2) is 8.42 Å². The van der Waals surface area contributed by atoms with Crippen molar-refractivity contribution in [3.8, 4) is 0 Å². The van der Waals surface area contributed by atoms with Gasteiger partial charge >= 0.3 is 0 Å². The van der Waals surface area contributed by atoms with Crippen LogP contribution in [0.25, 0.3) is 0 Å². The van der Waals surface area contributed by atoms with Gasteiger partial charge in [0.05, 0.1) is 4.90 Å². The van der Waals surface area contributed by atoms with Crippen LogP contribution in [0, 0.1) is 0 Å². The van der Waals surface area contributed by atoms with E-state index in [4.69, 9.17) is 5.73 Å². The van der Waals surface area contributed by atoms with Crippen LogP contribution in [0.15, 0.2) is 23.1 Å². The fourth-order valence-corrected chi connectivity index (χ4v) is 4.90. The third kappa shape index (κ3) is 2.38. The Morgan fingerprint density at radius 1 is 1.15 bits per heavy atom. The maximum atomic E-state index is 12.8. The van der Waals surface area contributed by atoms with E-state index in [1.54, 1.807) is 10.4 Å². The molecule has 1 aromatic carbocycles. The van der Waals surface area contributed by atoms with Crippen molar-refractivity contribution in [1.82, 2.24) is 4.31 Å². The third-order valence-corrected chi connectivity index (χ3v) is 6.46. The van der Waals surface area contributed by atoms with E-state index in [2.05, 4.69) is 0 Å². The van der Waals surface area contributed by atoms with E-state index in [1.165, 1.54) is 11.1 Å². The van der Waals surface area contributed by atoms with Crippen molar-refractivity contribution in [1.29, 1.82) is 0 Å². The second-order valence-electron chi connectivity index (χ2n) is 5.77. The summed E-state index contributed by atoms with van der Waals surface area (Å²) in [7, 11) is -3.39. The predicted molar refractivity (Wildman–Crippen MR) is 79.1 cm³/mol. The topological polar surface area (TPSA) is 63.4 Å². The van der Waals surface area contributed by atoms with E-state index < -0.39 is 10.0 Å². The van der Waals surface area contributed by atoms with Crippen molar-refractivity contribution in [2.75, 3.05) is 13.1 Å². The van der Waals surface area contributed by atoms with E-state index in [1.807, 2.05) is 12.1 Å². The van der Waals surface area contributed by atoms with Crippen LogP contribution < -0.4 is 5.73 Å². The first-order valence-electron chi connectivity index (χ1n) is 7.46. The predicted octanol–water partition coefficient (Wildman–Crippen LogP) is 1.68. The summed E-state index contributed by atoms with van der Waals surface area (Å²) < 4.78 is 27.3. The van der Waals surface area contributed by atoms with Crippen molar-refractivity contribution in [3.63, 3.8) is 0 Å². The van der Waals surface area contributed by atoms with Gasteiger partial charge in [-0.2, -0.15) is 4.31 Å². The molecule has 0 amide bonds. The molecular formula is C15H22N2O2S. The van der Waals surface area contributed by atoms with Gasteiger partial charge in [-0.1, -0.05) is 12.5 Å². The number of benzene rings is 1. The molecule has 0 spiro atoms. The van der Waals surface area contributed by atoms with Crippen LogP contribution >= 0.6 is 0 Å². The van der Waals surface area contributed by atoms with Crippen molar-refractivity contribution < 1.29 is 8.42 Å². The molecule has 2 N–H and O–H groups in total. The Bertz CT molecular complexity index is 594. The van der Waals surface area contributed by atoms with Crippen LogP contribution in [0.4, 0.5) is 0 Å². The molecular weight excluding hydrogens is 272 g/mol. The van der Waals surface area contributed by atoms with Gasteiger partial charge in [-0.15, -0.1) is 0 Å². The molecule has 5 heteroatoms. The fraction of sp³-hybridized carbons (Fsp3) is 0.600. The number of hydrogen-bond donors (Lipinski definition) is 1. The molecule has 0 saturated heterocycles.